The number of furan rings is 1. The number of ether oxygens (including phenoxy) is 1. The van der Waals surface area contributed by atoms with Crippen molar-refractivity contribution in [2.75, 3.05) is 26.8 Å². The van der Waals surface area contributed by atoms with Crippen molar-refractivity contribution in [3.8, 4) is 0 Å². The number of nitrogens with one attached hydrogen (secondary N) is 1. The second kappa shape index (κ2) is 6.67. The van der Waals surface area contributed by atoms with Crippen LogP contribution in [0.3, 0.4) is 0 Å². The second-order valence-electron chi connectivity index (χ2n) is 3.30. The van der Waals surface area contributed by atoms with E-state index in [1.165, 1.54) is 5.57 Å². The van der Waals surface area contributed by atoms with Crippen molar-refractivity contribution in [2.24, 2.45) is 0 Å². The van der Waals surface area contributed by atoms with Gasteiger partial charge < -0.3 is 14.5 Å². The van der Waals surface area contributed by atoms with Gasteiger partial charge in [-0.25, -0.2) is 0 Å². The lowest BCUT2D eigenvalue weighted by Crippen LogP contribution is -2.20. The van der Waals surface area contributed by atoms with Crippen molar-refractivity contribution in [3.05, 3.63) is 28.7 Å². The van der Waals surface area contributed by atoms with E-state index in [9.17, 15) is 0 Å². The summed E-state index contributed by atoms with van der Waals surface area (Å²) >= 11 is 5.66. The molecular formula is C11H16ClNO2. The maximum atomic E-state index is 5.66. The molecule has 3 nitrogen and oxygen atoms in total. The van der Waals surface area contributed by atoms with Gasteiger partial charge in [0.05, 0.1) is 6.61 Å². The molecule has 0 amide bonds. The van der Waals surface area contributed by atoms with Gasteiger partial charge in [0.15, 0.2) is 5.22 Å². The normalized spacial score (nSPS) is 12.1. The third-order valence-corrected chi connectivity index (χ3v) is 2.07. The molecule has 0 aromatic carbocycles. The Bertz CT molecular complexity index is 320. The molecule has 0 unspecified atom stereocenters. The van der Waals surface area contributed by atoms with Gasteiger partial charge in [0, 0.05) is 20.2 Å². The first-order chi connectivity index (χ1) is 7.22. The predicted octanol–water partition coefficient (Wildman–Crippen LogP) is 2.57. The van der Waals surface area contributed by atoms with Crippen LogP contribution in [-0.4, -0.2) is 26.8 Å². The van der Waals surface area contributed by atoms with Crippen LogP contribution >= 0.6 is 11.6 Å². The van der Waals surface area contributed by atoms with Crippen molar-refractivity contribution in [3.63, 3.8) is 0 Å². The van der Waals surface area contributed by atoms with Gasteiger partial charge in [-0.3, -0.25) is 0 Å². The molecule has 1 aromatic heterocycles. The Kier molecular flexibility index (Phi) is 5.47. The van der Waals surface area contributed by atoms with Crippen molar-refractivity contribution < 1.29 is 9.15 Å². The van der Waals surface area contributed by atoms with Crippen LogP contribution in [0.5, 0.6) is 0 Å². The highest BCUT2D eigenvalue weighted by Gasteiger charge is 1.96. The van der Waals surface area contributed by atoms with E-state index in [0.29, 0.717) is 5.22 Å². The summed E-state index contributed by atoms with van der Waals surface area (Å²) in [5, 5.41) is 3.66. The van der Waals surface area contributed by atoms with Crippen molar-refractivity contribution >= 4 is 17.7 Å². The number of halogens is 1. The summed E-state index contributed by atoms with van der Waals surface area (Å²) < 4.78 is 10.1. The molecule has 1 rings (SSSR count). The minimum atomic E-state index is 0.418. The largest absolute Gasteiger partial charge is 0.445 e. The van der Waals surface area contributed by atoms with Crippen molar-refractivity contribution in [2.45, 2.75) is 6.92 Å². The van der Waals surface area contributed by atoms with Gasteiger partial charge in [-0.2, -0.15) is 0 Å². The van der Waals surface area contributed by atoms with Crippen LogP contribution < -0.4 is 5.32 Å². The maximum Gasteiger partial charge on any atom is 0.193 e. The van der Waals surface area contributed by atoms with Crippen LogP contribution in [0.4, 0.5) is 0 Å². The third kappa shape index (κ3) is 5.02. The topological polar surface area (TPSA) is 34.4 Å². The average Bonchev–Trinajstić information content (AvgIpc) is 2.59. The Morgan fingerprint density at radius 2 is 2.40 bits per heavy atom. The average molecular weight is 230 g/mol. The van der Waals surface area contributed by atoms with Gasteiger partial charge in [-0.15, -0.1) is 0 Å². The molecule has 15 heavy (non-hydrogen) atoms. The Morgan fingerprint density at radius 3 is 3.00 bits per heavy atom. The summed E-state index contributed by atoms with van der Waals surface area (Å²) in [6.45, 7) is 4.43. The van der Waals surface area contributed by atoms with Crippen LogP contribution in [0.1, 0.15) is 12.7 Å². The van der Waals surface area contributed by atoms with Crippen LogP contribution in [0.2, 0.25) is 5.22 Å². The zero-order valence-corrected chi connectivity index (χ0v) is 9.80. The van der Waals surface area contributed by atoms with E-state index < -0.39 is 0 Å². The first-order valence-corrected chi connectivity index (χ1v) is 5.22. The molecule has 84 valence electrons. The summed E-state index contributed by atoms with van der Waals surface area (Å²) in [6.07, 6.45) is 1.96. The molecule has 0 aliphatic rings. The fourth-order valence-corrected chi connectivity index (χ4v) is 1.31. The summed E-state index contributed by atoms with van der Waals surface area (Å²) in [6, 6.07) is 3.58. The fourth-order valence-electron chi connectivity index (χ4n) is 1.16. The molecule has 1 N–H and O–H groups in total. The monoisotopic (exact) mass is 229 g/mol. The molecule has 4 heteroatoms. The zero-order chi connectivity index (χ0) is 11.1. The van der Waals surface area contributed by atoms with E-state index >= 15 is 0 Å². The molecule has 0 aliphatic heterocycles. The molecule has 0 saturated carbocycles. The maximum absolute atomic E-state index is 5.66. The van der Waals surface area contributed by atoms with E-state index in [2.05, 4.69) is 5.32 Å². The summed E-state index contributed by atoms with van der Waals surface area (Å²) in [5.41, 5.74) is 1.19. The van der Waals surface area contributed by atoms with Gasteiger partial charge in [0.2, 0.25) is 0 Å². The molecule has 0 atom stereocenters. The van der Waals surface area contributed by atoms with Crippen LogP contribution in [-0.2, 0) is 4.74 Å². The molecule has 0 spiro atoms. The predicted molar refractivity (Wildman–Crippen MR) is 62.1 cm³/mol. The van der Waals surface area contributed by atoms with Crippen LogP contribution in [0.25, 0.3) is 6.08 Å². The fraction of sp³-hybridized carbons (Fsp3) is 0.455. The highest BCUT2D eigenvalue weighted by molar-refractivity contribution is 6.28. The van der Waals surface area contributed by atoms with Crippen molar-refractivity contribution in [1.29, 1.82) is 0 Å². The molecule has 0 aliphatic carbocycles. The van der Waals surface area contributed by atoms with E-state index in [0.717, 1.165) is 25.5 Å². The minimum absolute atomic E-state index is 0.418. The Labute approximate surface area is 95.1 Å². The van der Waals surface area contributed by atoms with Gasteiger partial charge in [0.1, 0.15) is 5.76 Å². The van der Waals surface area contributed by atoms with Gasteiger partial charge in [-0.05, 0) is 36.7 Å². The first-order valence-electron chi connectivity index (χ1n) is 4.84. The molecular weight excluding hydrogens is 214 g/mol. The summed E-state index contributed by atoms with van der Waals surface area (Å²) in [4.78, 5) is 0. The molecule has 0 bridgehead atoms. The molecule has 0 radical (unpaired) electrons. The number of hydrogen-bond acceptors (Lipinski definition) is 3. The summed E-state index contributed by atoms with van der Waals surface area (Å²) in [7, 11) is 1.69. The smallest absolute Gasteiger partial charge is 0.193 e. The lowest BCUT2D eigenvalue weighted by Gasteiger charge is -2.03. The minimum Gasteiger partial charge on any atom is -0.445 e. The Balaban J connectivity index is 2.33. The Morgan fingerprint density at radius 1 is 1.60 bits per heavy atom. The first kappa shape index (κ1) is 12.3. The van der Waals surface area contributed by atoms with Crippen molar-refractivity contribution in [1.82, 2.24) is 5.32 Å². The van der Waals surface area contributed by atoms with Crippen LogP contribution in [0, 0.1) is 0 Å². The summed E-state index contributed by atoms with van der Waals surface area (Å²) in [5.74, 6) is 0.783. The zero-order valence-electron chi connectivity index (χ0n) is 9.05. The molecule has 0 saturated heterocycles. The van der Waals surface area contributed by atoms with E-state index in [1.807, 2.05) is 19.1 Å². The van der Waals surface area contributed by atoms with E-state index in [4.69, 9.17) is 20.8 Å². The van der Waals surface area contributed by atoms with Gasteiger partial charge >= 0.3 is 0 Å². The number of rotatable bonds is 6. The lowest BCUT2D eigenvalue weighted by molar-refractivity contribution is 0.200. The van der Waals surface area contributed by atoms with Crippen LogP contribution in [0.15, 0.2) is 22.1 Å². The molecule has 0 fully saturated rings. The highest BCUT2D eigenvalue weighted by atomic mass is 35.5. The second-order valence-corrected chi connectivity index (χ2v) is 3.67. The highest BCUT2D eigenvalue weighted by Crippen LogP contribution is 2.15. The lowest BCUT2D eigenvalue weighted by atomic mass is 10.2. The Hall–Kier alpha value is -0.770. The standard InChI is InChI=1S/C11H16ClNO2/c1-9(8-13-5-6-14-2)7-10-3-4-11(12)15-10/h3-4,7,13H,5-6,8H2,1-2H3. The van der Waals surface area contributed by atoms with Gasteiger partial charge in [-0.1, -0.05) is 5.57 Å². The quantitative estimate of drug-likeness (QED) is 0.762. The number of methoxy groups -OCH3 is 1. The SMILES string of the molecule is COCCNCC(C)=Cc1ccc(Cl)o1. The van der Waals surface area contributed by atoms with E-state index in [-0.39, 0.29) is 0 Å². The van der Waals surface area contributed by atoms with Gasteiger partial charge in [0.25, 0.3) is 0 Å². The van der Waals surface area contributed by atoms with E-state index in [1.54, 1.807) is 13.2 Å². The number of hydrogen-bond donors (Lipinski definition) is 1. The molecule has 1 aromatic rings. The third-order valence-electron chi connectivity index (χ3n) is 1.87. The molecule has 1 heterocycles.